The lowest BCUT2D eigenvalue weighted by Gasteiger charge is -2.34. The van der Waals surface area contributed by atoms with Crippen molar-refractivity contribution in [2.24, 2.45) is 4.99 Å². The number of aromatic nitrogens is 3. The molecule has 0 saturated carbocycles. The zero-order valence-corrected chi connectivity index (χ0v) is 45.6. The monoisotopic (exact) mass is 1020 g/mol. The highest BCUT2D eigenvalue weighted by Gasteiger charge is 2.24. The van der Waals surface area contributed by atoms with Crippen molar-refractivity contribution >= 4 is 30.5 Å². The predicted octanol–water partition coefficient (Wildman–Crippen LogP) is 4.50. The van der Waals surface area contributed by atoms with Crippen molar-refractivity contribution in [2.75, 3.05) is 118 Å². The second-order valence-corrected chi connectivity index (χ2v) is 20.7. The fraction of sp³-hybridized carbons (Fsp3) is 0.571. The Morgan fingerprint density at radius 2 is 1.05 bits per heavy atom. The first-order chi connectivity index (χ1) is 35.4. The van der Waals surface area contributed by atoms with Gasteiger partial charge in [-0.05, 0) is 97.7 Å². The number of hydrogen-bond acceptors (Lipinski definition) is 16. The first-order valence-corrected chi connectivity index (χ1v) is 26.2. The summed E-state index contributed by atoms with van der Waals surface area (Å²) in [5.74, 6) is -0.835. The van der Waals surface area contributed by atoms with E-state index in [0.717, 1.165) is 35.7 Å². The molecule has 406 valence electrons. The van der Waals surface area contributed by atoms with Gasteiger partial charge >= 0.3 is 11.9 Å². The van der Waals surface area contributed by atoms with E-state index in [-0.39, 0.29) is 49.8 Å². The SMILES string of the molecule is C=N/C(=C\C=C/C)CCN(CCNC(=O)CN1CCN(CCC(=O)OC(C)(C)C)CCN(CC(=O)NCCN(CCc2ccccn2)Cc2ccccn2)CCN(CC(=O)OC(C)(C)C)CC1)Cc1ccccn1. The lowest BCUT2D eigenvalue weighted by molar-refractivity contribution is -0.157. The maximum absolute atomic E-state index is 13.8. The molecular weight excluding hydrogens is 937 g/mol. The normalized spacial score (nSPS) is 15.4. The third-order valence-electron chi connectivity index (χ3n) is 12.0. The summed E-state index contributed by atoms with van der Waals surface area (Å²) in [7, 11) is 0. The van der Waals surface area contributed by atoms with E-state index >= 15 is 0 Å². The number of esters is 2. The summed E-state index contributed by atoms with van der Waals surface area (Å²) in [6.45, 7) is 26.6. The van der Waals surface area contributed by atoms with Gasteiger partial charge in [0.05, 0.1) is 37.4 Å². The van der Waals surface area contributed by atoms with Crippen LogP contribution in [0.4, 0.5) is 0 Å². The Hall–Kier alpha value is -5.76. The summed E-state index contributed by atoms with van der Waals surface area (Å²) in [5, 5.41) is 6.33. The minimum Gasteiger partial charge on any atom is -0.460 e. The van der Waals surface area contributed by atoms with Gasteiger partial charge in [-0.1, -0.05) is 30.4 Å². The maximum Gasteiger partial charge on any atom is 0.320 e. The third-order valence-corrected chi connectivity index (χ3v) is 12.0. The molecule has 0 aliphatic carbocycles. The highest BCUT2D eigenvalue weighted by atomic mass is 16.6. The van der Waals surface area contributed by atoms with E-state index in [1.54, 1.807) is 18.6 Å². The summed E-state index contributed by atoms with van der Waals surface area (Å²) in [5.41, 5.74) is 2.50. The number of pyridine rings is 3. The first kappa shape index (κ1) is 60.8. The molecule has 1 saturated heterocycles. The van der Waals surface area contributed by atoms with Crippen LogP contribution in [0.2, 0.25) is 0 Å². The summed E-state index contributed by atoms with van der Waals surface area (Å²) >= 11 is 0. The summed E-state index contributed by atoms with van der Waals surface area (Å²) in [6.07, 6.45) is 12.9. The summed E-state index contributed by atoms with van der Waals surface area (Å²) in [6, 6.07) is 17.7. The minimum absolute atomic E-state index is 0.0586. The topological polar surface area (TPSA) is 181 Å². The molecular formula is C56H86N12O6. The number of carbonyl (C=O) groups is 4. The number of amides is 2. The number of rotatable bonds is 27. The Bertz CT molecular complexity index is 2170. The van der Waals surface area contributed by atoms with Gasteiger partial charge in [-0.2, -0.15) is 0 Å². The van der Waals surface area contributed by atoms with E-state index in [9.17, 15) is 19.2 Å². The van der Waals surface area contributed by atoms with Crippen molar-refractivity contribution in [1.29, 1.82) is 0 Å². The molecule has 3 aromatic rings. The lowest BCUT2D eigenvalue weighted by atomic mass is 10.2. The molecule has 74 heavy (non-hydrogen) atoms. The van der Waals surface area contributed by atoms with Gasteiger partial charge < -0.3 is 25.0 Å². The number of hydrogen-bond donors (Lipinski definition) is 2. The molecule has 0 bridgehead atoms. The Kier molecular flexibility index (Phi) is 27.3. The van der Waals surface area contributed by atoms with Gasteiger partial charge in [0.25, 0.3) is 0 Å². The summed E-state index contributed by atoms with van der Waals surface area (Å²) in [4.78, 5) is 84.7. The fourth-order valence-electron chi connectivity index (χ4n) is 8.19. The van der Waals surface area contributed by atoms with Crippen LogP contribution in [0.15, 0.2) is 102 Å². The van der Waals surface area contributed by atoms with Crippen LogP contribution in [0.1, 0.15) is 78.4 Å². The molecule has 18 nitrogen and oxygen atoms in total. The number of carbonyl (C=O) groups excluding carboxylic acids is 4. The average molecular weight is 1020 g/mol. The number of allylic oxidation sites excluding steroid dienone is 3. The molecule has 2 N–H and O–H groups in total. The van der Waals surface area contributed by atoms with Crippen molar-refractivity contribution < 1.29 is 28.7 Å². The molecule has 1 aliphatic rings. The van der Waals surface area contributed by atoms with E-state index in [0.29, 0.717) is 111 Å². The van der Waals surface area contributed by atoms with Gasteiger partial charge in [-0.15, -0.1) is 0 Å². The van der Waals surface area contributed by atoms with Gasteiger partial charge in [0.2, 0.25) is 11.8 Å². The van der Waals surface area contributed by atoms with Crippen molar-refractivity contribution in [2.45, 2.75) is 92.0 Å². The molecule has 0 unspecified atom stereocenters. The second-order valence-electron chi connectivity index (χ2n) is 20.7. The van der Waals surface area contributed by atoms with Gasteiger partial charge in [0, 0.05) is 154 Å². The highest BCUT2D eigenvalue weighted by Crippen LogP contribution is 2.12. The maximum atomic E-state index is 13.8. The zero-order chi connectivity index (χ0) is 53.6. The molecule has 0 spiro atoms. The minimum atomic E-state index is -0.659. The van der Waals surface area contributed by atoms with Crippen molar-refractivity contribution in [3.63, 3.8) is 0 Å². The Balaban J connectivity index is 1.45. The van der Waals surface area contributed by atoms with Crippen molar-refractivity contribution in [1.82, 2.24) is 55.0 Å². The number of aliphatic imine (C=N–C) groups is 1. The van der Waals surface area contributed by atoms with Crippen LogP contribution in [0.3, 0.4) is 0 Å². The molecule has 0 atom stereocenters. The number of nitrogens with zero attached hydrogens (tertiary/aromatic N) is 10. The van der Waals surface area contributed by atoms with Gasteiger partial charge in [0.1, 0.15) is 11.2 Å². The highest BCUT2D eigenvalue weighted by molar-refractivity contribution is 5.78. The van der Waals surface area contributed by atoms with Gasteiger partial charge in [0.15, 0.2) is 0 Å². The largest absolute Gasteiger partial charge is 0.460 e. The van der Waals surface area contributed by atoms with Gasteiger partial charge in [-0.3, -0.25) is 63.6 Å². The number of nitrogens with one attached hydrogen (secondary N) is 2. The second kappa shape index (κ2) is 33.2. The molecule has 2 amide bonds. The van der Waals surface area contributed by atoms with Crippen LogP contribution in [0, 0.1) is 0 Å². The molecule has 4 rings (SSSR count). The molecule has 18 heteroatoms. The Morgan fingerprint density at radius 3 is 1.50 bits per heavy atom. The van der Waals surface area contributed by atoms with Crippen LogP contribution >= 0.6 is 0 Å². The average Bonchev–Trinajstić information content (AvgIpc) is 3.35. The van der Waals surface area contributed by atoms with E-state index < -0.39 is 11.2 Å². The zero-order valence-electron chi connectivity index (χ0n) is 45.6. The van der Waals surface area contributed by atoms with Crippen molar-refractivity contribution in [3.05, 3.63) is 114 Å². The first-order valence-electron chi connectivity index (χ1n) is 26.2. The van der Waals surface area contributed by atoms with Crippen LogP contribution in [-0.2, 0) is 48.2 Å². The molecule has 0 aromatic carbocycles. The lowest BCUT2D eigenvalue weighted by Crippen LogP contribution is -2.50. The molecule has 3 aromatic heterocycles. The third kappa shape index (κ3) is 27.5. The van der Waals surface area contributed by atoms with E-state index in [4.69, 9.17) is 9.47 Å². The number of ether oxygens (including phenoxy) is 2. The van der Waals surface area contributed by atoms with Crippen LogP contribution < -0.4 is 10.6 Å². The van der Waals surface area contributed by atoms with Crippen LogP contribution in [-0.4, -0.2) is 204 Å². The van der Waals surface area contributed by atoms with Crippen molar-refractivity contribution in [3.8, 4) is 0 Å². The predicted molar refractivity (Wildman–Crippen MR) is 292 cm³/mol. The standard InChI is InChI=1S/C56H86N12O6/c1-9-10-17-47(57-8)21-29-64(42-49-19-12-15-25-59-49)32-27-61-51(69)44-66-36-34-63(31-23-53(71)73-55(2,3)4)35-37-67(39-41-68(40-38-66)46-54(72)74-56(5,6)7)45-52(70)62-28-33-65(43-50-20-13-16-26-60-50)30-22-48-18-11-14-24-58-48/h9-20,24-26H,8,21-23,27-46H2,1-7H3,(H,61,69)(H,62,70)/b10-9-,47-17-. The Labute approximate surface area is 441 Å². The van der Waals surface area contributed by atoms with E-state index in [1.807, 2.05) is 121 Å². The van der Waals surface area contributed by atoms with Crippen LogP contribution in [0.25, 0.3) is 0 Å². The fourth-order valence-corrected chi connectivity index (χ4v) is 8.19. The Morgan fingerprint density at radius 1 is 0.608 bits per heavy atom. The van der Waals surface area contributed by atoms with E-state index in [1.165, 1.54) is 0 Å². The molecule has 0 radical (unpaired) electrons. The summed E-state index contributed by atoms with van der Waals surface area (Å²) < 4.78 is 11.5. The van der Waals surface area contributed by atoms with Gasteiger partial charge in [-0.25, -0.2) is 0 Å². The molecule has 4 heterocycles. The van der Waals surface area contributed by atoms with Crippen LogP contribution in [0.5, 0.6) is 0 Å². The molecule has 1 fully saturated rings. The smallest absolute Gasteiger partial charge is 0.320 e. The molecule has 1 aliphatic heterocycles. The quantitative estimate of drug-likeness (QED) is 0.0619. The van der Waals surface area contributed by atoms with E-state index in [2.05, 4.69) is 66.7 Å².